The fourth-order valence-electron chi connectivity index (χ4n) is 4.23. The van der Waals surface area contributed by atoms with Crippen molar-refractivity contribution in [1.29, 1.82) is 0 Å². The van der Waals surface area contributed by atoms with Crippen molar-refractivity contribution in [2.75, 3.05) is 10.6 Å². The fraction of sp³-hybridized carbons (Fsp3) is 0.240. The second-order valence-electron chi connectivity index (χ2n) is 8.10. The predicted octanol–water partition coefficient (Wildman–Crippen LogP) is 3.81. The Morgan fingerprint density at radius 3 is 2.55 bits per heavy atom. The molecule has 1 saturated carbocycles. The molecule has 1 heterocycles. The predicted molar refractivity (Wildman–Crippen MR) is 132 cm³/mol. The lowest BCUT2D eigenvalue weighted by atomic mass is 10.1. The Bertz CT molecular complexity index is 1290. The topological polar surface area (TPSA) is 101 Å². The molecule has 0 saturated heterocycles. The van der Waals surface area contributed by atoms with Crippen LogP contribution >= 0.6 is 11.6 Å². The number of nitrogens with zero attached hydrogens (tertiary/aromatic N) is 2. The summed E-state index contributed by atoms with van der Waals surface area (Å²) in [5, 5.41) is 0.561. The van der Waals surface area contributed by atoms with Gasteiger partial charge < -0.3 is 5.73 Å². The van der Waals surface area contributed by atoms with Crippen molar-refractivity contribution in [3.8, 4) is 0 Å². The molecular formula is C25H25ClN4O3. The molecule has 0 atom stereocenters. The van der Waals surface area contributed by atoms with Gasteiger partial charge in [0.05, 0.1) is 6.54 Å². The minimum Gasteiger partial charge on any atom is -0.383 e. The molecule has 33 heavy (non-hydrogen) atoms. The van der Waals surface area contributed by atoms with E-state index in [1.807, 2.05) is 36.4 Å². The molecule has 0 aliphatic heterocycles. The maximum atomic E-state index is 13.4. The van der Waals surface area contributed by atoms with E-state index in [9.17, 15) is 14.4 Å². The van der Waals surface area contributed by atoms with Crippen LogP contribution in [0.25, 0.3) is 6.08 Å². The van der Waals surface area contributed by atoms with Gasteiger partial charge in [-0.05, 0) is 42.2 Å². The number of aromatic amines is 1. The molecule has 0 spiro atoms. The quantitative estimate of drug-likeness (QED) is 0.541. The molecule has 1 amide bonds. The number of aromatic nitrogens is 2. The minimum absolute atomic E-state index is 0.0122. The van der Waals surface area contributed by atoms with Crippen LogP contribution in [0.3, 0.4) is 0 Å². The molecule has 3 N–H and O–H groups in total. The monoisotopic (exact) mass is 464 g/mol. The first-order valence-corrected chi connectivity index (χ1v) is 11.2. The molecule has 1 fully saturated rings. The lowest BCUT2D eigenvalue weighted by Crippen LogP contribution is -2.45. The van der Waals surface area contributed by atoms with Crippen LogP contribution in [-0.4, -0.2) is 21.5 Å². The molecule has 0 unspecified atom stereocenters. The van der Waals surface area contributed by atoms with Crippen molar-refractivity contribution in [3.05, 3.63) is 97.7 Å². The number of hydrogen-bond donors (Lipinski definition) is 2. The average Bonchev–Trinajstić information content (AvgIpc) is 3.33. The van der Waals surface area contributed by atoms with Crippen LogP contribution in [-0.2, 0) is 11.3 Å². The van der Waals surface area contributed by atoms with Gasteiger partial charge in [-0.25, -0.2) is 4.79 Å². The number of amides is 1. The normalized spacial score (nSPS) is 14.1. The van der Waals surface area contributed by atoms with E-state index in [-0.39, 0.29) is 30.0 Å². The Morgan fingerprint density at radius 1 is 1.12 bits per heavy atom. The molecule has 1 aromatic heterocycles. The van der Waals surface area contributed by atoms with E-state index < -0.39 is 11.2 Å². The largest absolute Gasteiger partial charge is 0.383 e. The standard InChI is InChI=1S/C25H25ClN4O3/c26-19-10-6-9-17(15-19)13-14-21(31)30(20-11-4-5-12-20)22-23(27)29(25(33)28-24(22)32)16-18-7-2-1-3-8-18/h1-3,6-10,13-15,20H,4-5,11-12,16,27H2,(H,28,32,33). The van der Waals surface area contributed by atoms with Crippen molar-refractivity contribution in [3.63, 3.8) is 0 Å². The van der Waals surface area contributed by atoms with Gasteiger partial charge in [0.2, 0.25) is 0 Å². The molecule has 0 bridgehead atoms. The number of nitrogens with two attached hydrogens (primary N) is 1. The summed E-state index contributed by atoms with van der Waals surface area (Å²) in [4.78, 5) is 42.6. The summed E-state index contributed by atoms with van der Waals surface area (Å²) in [6, 6.07) is 16.3. The number of halogens is 1. The first kappa shape index (κ1) is 22.6. The van der Waals surface area contributed by atoms with E-state index in [1.54, 1.807) is 24.3 Å². The highest BCUT2D eigenvalue weighted by molar-refractivity contribution is 6.30. The van der Waals surface area contributed by atoms with E-state index in [1.165, 1.54) is 15.5 Å². The Hall–Kier alpha value is -3.58. The fourth-order valence-corrected chi connectivity index (χ4v) is 4.43. The molecular weight excluding hydrogens is 440 g/mol. The maximum Gasteiger partial charge on any atom is 0.330 e. The zero-order valence-corrected chi connectivity index (χ0v) is 18.8. The van der Waals surface area contributed by atoms with Crippen LogP contribution in [0.15, 0.2) is 70.3 Å². The number of hydrogen-bond acceptors (Lipinski definition) is 4. The lowest BCUT2D eigenvalue weighted by Gasteiger charge is -2.29. The van der Waals surface area contributed by atoms with Gasteiger partial charge in [-0.15, -0.1) is 0 Å². The van der Waals surface area contributed by atoms with E-state index >= 15 is 0 Å². The molecule has 3 aromatic rings. The van der Waals surface area contributed by atoms with Gasteiger partial charge in [0, 0.05) is 17.1 Å². The molecule has 8 heteroatoms. The van der Waals surface area contributed by atoms with Crippen molar-refractivity contribution < 1.29 is 4.79 Å². The number of anilines is 2. The van der Waals surface area contributed by atoms with Crippen molar-refractivity contribution in [1.82, 2.24) is 9.55 Å². The van der Waals surface area contributed by atoms with Crippen LogP contribution in [0.1, 0.15) is 36.8 Å². The van der Waals surface area contributed by atoms with Crippen molar-refractivity contribution in [2.45, 2.75) is 38.3 Å². The molecule has 2 aromatic carbocycles. The Labute approximate surface area is 196 Å². The van der Waals surface area contributed by atoms with E-state index in [0.717, 1.165) is 36.8 Å². The first-order valence-electron chi connectivity index (χ1n) is 10.9. The minimum atomic E-state index is -0.668. The van der Waals surface area contributed by atoms with Gasteiger partial charge in [0.15, 0.2) is 5.69 Å². The number of carbonyl (C=O) groups excluding carboxylic acids is 1. The second kappa shape index (κ2) is 9.92. The average molecular weight is 465 g/mol. The SMILES string of the molecule is Nc1c(N(C(=O)C=Cc2cccc(Cl)c2)C2CCCC2)c(=O)[nH]c(=O)n1Cc1ccccc1. The highest BCUT2D eigenvalue weighted by atomic mass is 35.5. The Kier molecular flexibility index (Phi) is 6.79. The van der Waals surface area contributed by atoms with Crippen LogP contribution in [0.4, 0.5) is 11.5 Å². The first-order chi connectivity index (χ1) is 15.9. The smallest absolute Gasteiger partial charge is 0.330 e. The summed E-state index contributed by atoms with van der Waals surface area (Å²) in [5.41, 5.74) is 6.72. The number of rotatable bonds is 6. The third-order valence-corrected chi connectivity index (χ3v) is 6.07. The van der Waals surface area contributed by atoms with Crippen LogP contribution in [0.2, 0.25) is 5.02 Å². The lowest BCUT2D eigenvalue weighted by molar-refractivity contribution is -0.114. The summed E-state index contributed by atoms with van der Waals surface area (Å²) in [7, 11) is 0. The molecule has 1 aliphatic carbocycles. The number of nitrogens with one attached hydrogen (secondary N) is 1. The Morgan fingerprint density at radius 2 is 1.85 bits per heavy atom. The van der Waals surface area contributed by atoms with Crippen LogP contribution in [0, 0.1) is 0 Å². The molecule has 1 aliphatic rings. The zero-order chi connectivity index (χ0) is 23.4. The van der Waals surface area contributed by atoms with Crippen LogP contribution < -0.4 is 21.9 Å². The summed E-state index contributed by atoms with van der Waals surface area (Å²) < 4.78 is 1.29. The third kappa shape index (κ3) is 5.09. The zero-order valence-electron chi connectivity index (χ0n) is 18.0. The third-order valence-electron chi connectivity index (χ3n) is 5.83. The maximum absolute atomic E-state index is 13.4. The molecule has 7 nitrogen and oxygen atoms in total. The Balaban J connectivity index is 1.75. The highest BCUT2D eigenvalue weighted by Gasteiger charge is 2.31. The highest BCUT2D eigenvalue weighted by Crippen LogP contribution is 2.30. The van der Waals surface area contributed by atoms with Crippen molar-refractivity contribution in [2.24, 2.45) is 0 Å². The summed E-state index contributed by atoms with van der Waals surface area (Å²) in [6.45, 7) is 0.181. The summed E-state index contributed by atoms with van der Waals surface area (Å²) in [5.74, 6) is -0.395. The van der Waals surface area contributed by atoms with Gasteiger partial charge in [0.1, 0.15) is 5.82 Å². The number of benzene rings is 2. The van der Waals surface area contributed by atoms with Crippen molar-refractivity contribution >= 4 is 35.1 Å². The molecule has 170 valence electrons. The summed E-state index contributed by atoms with van der Waals surface area (Å²) >= 11 is 6.04. The van der Waals surface area contributed by atoms with E-state index in [4.69, 9.17) is 17.3 Å². The second-order valence-corrected chi connectivity index (χ2v) is 8.54. The van der Waals surface area contributed by atoms with Gasteiger partial charge in [0.25, 0.3) is 11.5 Å². The van der Waals surface area contributed by atoms with Crippen LogP contribution in [0.5, 0.6) is 0 Å². The number of H-pyrrole nitrogens is 1. The molecule has 4 rings (SSSR count). The van der Waals surface area contributed by atoms with E-state index in [0.29, 0.717) is 5.02 Å². The van der Waals surface area contributed by atoms with Gasteiger partial charge >= 0.3 is 5.69 Å². The molecule has 0 radical (unpaired) electrons. The van der Waals surface area contributed by atoms with E-state index in [2.05, 4.69) is 4.98 Å². The van der Waals surface area contributed by atoms with Gasteiger partial charge in [-0.3, -0.25) is 24.0 Å². The van der Waals surface area contributed by atoms with Gasteiger partial charge in [-0.2, -0.15) is 0 Å². The number of nitrogen functional groups attached to an aromatic ring is 1. The van der Waals surface area contributed by atoms with Gasteiger partial charge in [-0.1, -0.05) is 66.9 Å². The summed E-state index contributed by atoms with van der Waals surface area (Å²) in [6.07, 6.45) is 6.48. The number of carbonyl (C=O) groups is 1.